The molecule has 1 saturated heterocycles. The molecule has 0 bridgehead atoms. The number of aromatic nitrogens is 1. The molecular weight excluding hydrogens is 843 g/mol. The normalized spacial score (nSPS) is 21.4. The zero-order valence-electron chi connectivity index (χ0n) is 35.0. The first-order valence-corrected chi connectivity index (χ1v) is 20.3. The fraction of sp³-hybridized carbons (Fsp3) is 0.239. The van der Waals surface area contributed by atoms with Crippen molar-refractivity contribution < 1.29 is 58.7 Å². The minimum absolute atomic E-state index is 0.0617. The van der Waals surface area contributed by atoms with Crippen LogP contribution in [-0.4, -0.2) is 97.1 Å². The quantitative estimate of drug-likeness (QED) is 0.0891. The molecule has 19 heteroatoms. The molecule has 1 unspecified atom stereocenters. The first kappa shape index (κ1) is 46.2. The number of esters is 1. The Hall–Kier alpha value is -8.35. The highest BCUT2D eigenvalue weighted by molar-refractivity contribution is 5.99. The number of carbonyl (C=O) groups excluding carboxylic acids is 7. The van der Waals surface area contributed by atoms with Crippen molar-refractivity contribution in [1.29, 1.82) is 0 Å². The summed E-state index contributed by atoms with van der Waals surface area (Å²) in [5.74, 6) is -8.93. The number of phenols is 4. The average molecular weight is 890 g/mol. The molecular formula is C46H47N7O12. The van der Waals surface area contributed by atoms with E-state index in [4.69, 9.17) is 4.74 Å². The lowest BCUT2D eigenvalue weighted by Crippen LogP contribution is -2.62. The summed E-state index contributed by atoms with van der Waals surface area (Å²) in [5.41, 5.74) is 0.935. The second-order valence-corrected chi connectivity index (χ2v) is 15.4. The van der Waals surface area contributed by atoms with Crippen molar-refractivity contribution in [2.45, 2.75) is 69.0 Å². The SMILES string of the molecule is C[C@H]1NC(=O)[C@@H](Cc2ccccc2)NC(=O)[C@H](NC(=O)[C@H](Cc2ccccc2)NC(=O)c2ccc[nH]2)[C@@H](C)OC(=O)[C@H](c2cc(O)cc(O)c2)NC(=O)C(c2cc(O)cc(O)c2)NC1=O. The molecule has 5 aromatic rings. The molecule has 1 aromatic heterocycles. The average Bonchev–Trinajstić information content (AvgIpc) is 3.81. The van der Waals surface area contributed by atoms with Crippen LogP contribution in [0.25, 0.3) is 0 Å². The van der Waals surface area contributed by atoms with Crippen molar-refractivity contribution in [2.24, 2.45) is 0 Å². The Labute approximate surface area is 371 Å². The first-order chi connectivity index (χ1) is 31.0. The van der Waals surface area contributed by atoms with Crippen LogP contribution in [0.2, 0.25) is 0 Å². The van der Waals surface area contributed by atoms with Crippen LogP contribution in [0.3, 0.4) is 0 Å². The van der Waals surface area contributed by atoms with Crippen LogP contribution in [-0.2, 0) is 46.3 Å². The molecule has 1 fully saturated rings. The summed E-state index contributed by atoms with van der Waals surface area (Å²) in [7, 11) is 0. The van der Waals surface area contributed by atoms with E-state index in [-0.39, 0.29) is 29.7 Å². The van der Waals surface area contributed by atoms with Gasteiger partial charge in [0.2, 0.25) is 29.5 Å². The van der Waals surface area contributed by atoms with E-state index in [2.05, 4.69) is 36.9 Å². The minimum atomic E-state index is -1.91. The number of cyclic esters (lactones) is 1. The summed E-state index contributed by atoms with van der Waals surface area (Å²) in [4.78, 5) is 101. The van der Waals surface area contributed by atoms with Crippen molar-refractivity contribution >= 4 is 41.4 Å². The van der Waals surface area contributed by atoms with Gasteiger partial charge in [0.1, 0.15) is 65.0 Å². The number of benzene rings is 4. The smallest absolute Gasteiger partial charge is 0.333 e. The number of hydrogen-bond acceptors (Lipinski definition) is 12. The van der Waals surface area contributed by atoms with Crippen LogP contribution >= 0.6 is 0 Å². The van der Waals surface area contributed by atoms with Gasteiger partial charge >= 0.3 is 5.97 Å². The monoisotopic (exact) mass is 889 g/mol. The van der Waals surface area contributed by atoms with E-state index in [9.17, 15) is 54.0 Å². The second-order valence-electron chi connectivity index (χ2n) is 15.4. The number of ether oxygens (including phenoxy) is 1. The topological polar surface area (TPSA) is 298 Å². The summed E-state index contributed by atoms with van der Waals surface area (Å²) in [5, 5.41) is 56.8. The summed E-state index contributed by atoms with van der Waals surface area (Å²) >= 11 is 0. The van der Waals surface area contributed by atoms with Gasteiger partial charge in [0.15, 0.2) is 6.04 Å². The number of rotatable bonds is 10. The van der Waals surface area contributed by atoms with Gasteiger partial charge in [0.05, 0.1) is 0 Å². The number of hydrogen-bond donors (Lipinski definition) is 11. The van der Waals surface area contributed by atoms with Gasteiger partial charge in [-0.05, 0) is 72.5 Å². The third-order valence-electron chi connectivity index (χ3n) is 10.4. The first-order valence-electron chi connectivity index (χ1n) is 20.3. The van der Waals surface area contributed by atoms with Gasteiger partial charge in [-0.1, -0.05) is 60.7 Å². The lowest BCUT2D eigenvalue weighted by molar-refractivity contribution is -0.156. The molecule has 65 heavy (non-hydrogen) atoms. The molecule has 0 saturated carbocycles. The van der Waals surface area contributed by atoms with Crippen LogP contribution in [0.1, 0.15) is 58.7 Å². The highest BCUT2D eigenvalue weighted by Gasteiger charge is 2.39. The molecule has 1 aliphatic rings. The number of amides is 6. The number of carbonyl (C=O) groups is 7. The highest BCUT2D eigenvalue weighted by Crippen LogP contribution is 2.29. The molecule has 338 valence electrons. The van der Waals surface area contributed by atoms with Crippen LogP contribution in [0.5, 0.6) is 23.0 Å². The largest absolute Gasteiger partial charge is 0.508 e. The third-order valence-corrected chi connectivity index (χ3v) is 10.4. The van der Waals surface area contributed by atoms with Crippen LogP contribution < -0.4 is 31.9 Å². The van der Waals surface area contributed by atoms with Crippen molar-refractivity contribution in [2.75, 3.05) is 0 Å². The number of H-pyrrole nitrogens is 1. The molecule has 0 spiro atoms. The fourth-order valence-corrected chi connectivity index (χ4v) is 7.08. The maximum atomic E-state index is 14.5. The summed E-state index contributed by atoms with van der Waals surface area (Å²) in [6.45, 7) is 2.54. The maximum Gasteiger partial charge on any atom is 0.333 e. The maximum absolute atomic E-state index is 14.5. The summed E-state index contributed by atoms with van der Waals surface area (Å²) in [6.07, 6.45) is -0.311. The fourth-order valence-electron chi connectivity index (χ4n) is 7.08. The van der Waals surface area contributed by atoms with Gasteiger partial charge in [0, 0.05) is 31.2 Å². The Balaban J connectivity index is 1.43. The number of nitrogens with one attached hydrogen (secondary N) is 7. The standard InChI is InChI=1S/C46H47N7O12/c1-24-40(58)52-38(28-18-30(54)22-31(55)19-28)45(63)53-39(29-20-32(56)23-33(57)21-29)46(64)65-25(2)37(44(62)50-35(42(60)48-24)16-26-10-5-3-6-11-26)51-43(61)36(17-27-12-7-4-8-13-27)49-41(59)34-14-9-15-47-34/h3-15,18-25,35-39,47,54-57H,16-17H2,1-2H3,(H,48,60)(H,49,59)(H,50,62)(H,51,61)(H,52,58)(H,53,63)/t24-,25-,35-,36+,37-,38?,39+/m1/s1. The zero-order valence-corrected chi connectivity index (χ0v) is 35.0. The van der Waals surface area contributed by atoms with Crippen molar-refractivity contribution in [3.63, 3.8) is 0 Å². The predicted octanol–water partition coefficient (Wildman–Crippen LogP) is 1.56. The van der Waals surface area contributed by atoms with Gasteiger partial charge in [0.25, 0.3) is 5.91 Å². The Kier molecular flexibility index (Phi) is 14.7. The van der Waals surface area contributed by atoms with Gasteiger partial charge in [-0.15, -0.1) is 0 Å². The van der Waals surface area contributed by atoms with E-state index in [1.165, 1.54) is 26.1 Å². The second kappa shape index (κ2) is 20.7. The molecule has 1 aliphatic heterocycles. The number of phenolic OH excluding ortho intramolecular Hbond substituents is 4. The third kappa shape index (κ3) is 12.2. The van der Waals surface area contributed by atoms with E-state index >= 15 is 0 Å². The molecule has 11 N–H and O–H groups in total. The molecule has 2 heterocycles. The van der Waals surface area contributed by atoms with E-state index in [0.29, 0.717) is 11.1 Å². The lowest BCUT2D eigenvalue weighted by atomic mass is 10.0. The molecule has 6 rings (SSSR count). The van der Waals surface area contributed by atoms with Gasteiger partial charge < -0.3 is 62.0 Å². The Morgan fingerprint density at radius 1 is 0.631 bits per heavy atom. The van der Waals surface area contributed by atoms with E-state index in [1.807, 2.05) is 0 Å². The lowest BCUT2D eigenvalue weighted by Gasteiger charge is -2.31. The zero-order chi connectivity index (χ0) is 46.8. The molecule has 19 nitrogen and oxygen atoms in total. The Bertz CT molecular complexity index is 2500. The molecule has 7 atom stereocenters. The van der Waals surface area contributed by atoms with E-state index < -0.39 is 107 Å². The Morgan fingerprint density at radius 2 is 1.18 bits per heavy atom. The van der Waals surface area contributed by atoms with E-state index in [1.54, 1.807) is 66.7 Å². The van der Waals surface area contributed by atoms with Crippen LogP contribution in [0.4, 0.5) is 0 Å². The molecule has 4 aromatic carbocycles. The van der Waals surface area contributed by atoms with Gasteiger partial charge in [-0.3, -0.25) is 28.8 Å². The Morgan fingerprint density at radius 3 is 1.75 bits per heavy atom. The van der Waals surface area contributed by atoms with Crippen molar-refractivity contribution in [3.05, 3.63) is 143 Å². The number of aromatic hydroxyl groups is 4. The highest BCUT2D eigenvalue weighted by atomic mass is 16.5. The number of aromatic amines is 1. The predicted molar refractivity (Wildman–Crippen MR) is 231 cm³/mol. The van der Waals surface area contributed by atoms with Crippen LogP contribution in [0.15, 0.2) is 115 Å². The summed E-state index contributed by atoms with van der Waals surface area (Å²) in [6, 6.07) is 16.7. The van der Waals surface area contributed by atoms with Crippen LogP contribution in [0, 0.1) is 0 Å². The van der Waals surface area contributed by atoms with Gasteiger partial charge in [-0.25, -0.2) is 4.79 Å². The van der Waals surface area contributed by atoms with Crippen molar-refractivity contribution in [1.82, 2.24) is 36.9 Å². The molecule has 0 aliphatic carbocycles. The minimum Gasteiger partial charge on any atom is -0.508 e. The van der Waals surface area contributed by atoms with Gasteiger partial charge in [-0.2, -0.15) is 0 Å². The molecule has 6 amide bonds. The van der Waals surface area contributed by atoms with E-state index in [0.717, 1.165) is 36.4 Å². The van der Waals surface area contributed by atoms with Crippen molar-refractivity contribution in [3.8, 4) is 23.0 Å². The summed E-state index contributed by atoms with van der Waals surface area (Å²) < 4.78 is 5.81. The molecule has 0 radical (unpaired) electrons.